The molecule has 0 spiro atoms. The summed E-state index contributed by atoms with van der Waals surface area (Å²) >= 11 is 6.15. The number of ether oxygens (including phenoxy) is 1. The summed E-state index contributed by atoms with van der Waals surface area (Å²) < 4.78 is 25.3. The fraction of sp³-hybridized carbons (Fsp3) is 0.241. The molecule has 184 valence electrons. The summed E-state index contributed by atoms with van der Waals surface area (Å²) in [6.45, 7) is 2.95. The summed E-state index contributed by atoms with van der Waals surface area (Å²) in [6.07, 6.45) is 3.19. The molecule has 0 fully saturated rings. The lowest BCUT2D eigenvalue weighted by Gasteiger charge is -2.25. The molecule has 1 atom stereocenters. The summed E-state index contributed by atoms with van der Waals surface area (Å²) in [5.41, 5.74) is 1.76. The van der Waals surface area contributed by atoms with Gasteiger partial charge in [-0.15, -0.1) is 0 Å². The minimum absolute atomic E-state index is 0.0156. The molecule has 0 saturated heterocycles. The van der Waals surface area contributed by atoms with Crippen molar-refractivity contribution in [3.63, 3.8) is 0 Å². The second-order valence-corrected chi connectivity index (χ2v) is 9.34. The van der Waals surface area contributed by atoms with Gasteiger partial charge in [0.15, 0.2) is 5.43 Å². The number of carbonyl (C=O) groups is 1. The van der Waals surface area contributed by atoms with Crippen LogP contribution < -0.4 is 10.2 Å². The van der Waals surface area contributed by atoms with Gasteiger partial charge in [0.1, 0.15) is 17.1 Å². The largest absolute Gasteiger partial charge is 0.494 e. The van der Waals surface area contributed by atoms with Crippen molar-refractivity contribution in [2.45, 2.75) is 38.8 Å². The van der Waals surface area contributed by atoms with Gasteiger partial charge in [0, 0.05) is 11.6 Å². The van der Waals surface area contributed by atoms with E-state index in [4.69, 9.17) is 20.8 Å². The molecule has 4 aromatic rings. The number of rotatable bonds is 8. The Kier molecular flexibility index (Phi) is 6.79. The van der Waals surface area contributed by atoms with Crippen molar-refractivity contribution >= 4 is 28.5 Å². The van der Waals surface area contributed by atoms with Crippen LogP contribution in [0.25, 0.3) is 11.0 Å². The van der Waals surface area contributed by atoms with Crippen LogP contribution in [0.5, 0.6) is 5.75 Å². The Morgan fingerprint density at radius 2 is 1.75 bits per heavy atom. The van der Waals surface area contributed by atoms with Crippen LogP contribution in [0.15, 0.2) is 75.9 Å². The summed E-state index contributed by atoms with van der Waals surface area (Å²) in [7, 11) is 0. The van der Waals surface area contributed by atoms with Gasteiger partial charge >= 0.3 is 0 Å². The quantitative estimate of drug-likeness (QED) is 0.244. The van der Waals surface area contributed by atoms with Gasteiger partial charge in [-0.3, -0.25) is 9.59 Å². The van der Waals surface area contributed by atoms with Gasteiger partial charge in [0.2, 0.25) is 5.76 Å². The van der Waals surface area contributed by atoms with Crippen LogP contribution in [0, 0.1) is 5.82 Å². The predicted molar refractivity (Wildman–Crippen MR) is 137 cm³/mol. The van der Waals surface area contributed by atoms with E-state index < -0.39 is 11.9 Å². The van der Waals surface area contributed by atoms with Gasteiger partial charge in [0.25, 0.3) is 5.91 Å². The number of amides is 1. The van der Waals surface area contributed by atoms with E-state index in [9.17, 15) is 14.0 Å². The maximum Gasteiger partial charge on any atom is 0.291 e. The smallest absolute Gasteiger partial charge is 0.291 e. The Bertz CT molecular complexity index is 1460. The second-order valence-electron chi connectivity index (χ2n) is 8.90. The monoisotopic (exact) mass is 505 g/mol. The molecule has 0 saturated carbocycles. The molecule has 1 aliphatic heterocycles. The van der Waals surface area contributed by atoms with E-state index in [0.717, 1.165) is 36.1 Å². The third-order valence-corrected chi connectivity index (χ3v) is 6.64. The minimum Gasteiger partial charge on any atom is -0.494 e. The average Bonchev–Trinajstić information content (AvgIpc) is 3.15. The van der Waals surface area contributed by atoms with E-state index in [-0.39, 0.29) is 29.1 Å². The summed E-state index contributed by atoms with van der Waals surface area (Å²) in [6, 6.07) is 17.5. The molecule has 7 heteroatoms. The number of halogens is 2. The number of benzene rings is 3. The Morgan fingerprint density at radius 3 is 2.47 bits per heavy atom. The molecule has 0 radical (unpaired) electrons. The van der Waals surface area contributed by atoms with Crippen molar-refractivity contribution in [2.24, 2.45) is 0 Å². The van der Waals surface area contributed by atoms with Crippen LogP contribution in [-0.4, -0.2) is 17.4 Å². The molecular weight excluding hydrogens is 481 g/mol. The van der Waals surface area contributed by atoms with Gasteiger partial charge in [-0.05, 0) is 60.0 Å². The number of carbonyl (C=O) groups excluding carboxylic acids is 1. The van der Waals surface area contributed by atoms with E-state index in [2.05, 4.69) is 6.92 Å². The summed E-state index contributed by atoms with van der Waals surface area (Å²) in [4.78, 5) is 28.8. The second kappa shape index (κ2) is 10.2. The normalized spacial score (nSPS) is 14.9. The molecule has 2 heterocycles. The average molecular weight is 506 g/mol. The lowest BCUT2D eigenvalue weighted by Crippen LogP contribution is -2.29. The molecule has 1 aliphatic rings. The van der Waals surface area contributed by atoms with Gasteiger partial charge in [-0.1, -0.05) is 55.6 Å². The van der Waals surface area contributed by atoms with Crippen molar-refractivity contribution in [3.8, 4) is 5.75 Å². The molecule has 1 amide bonds. The van der Waals surface area contributed by atoms with E-state index in [0.29, 0.717) is 22.6 Å². The molecule has 0 aliphatic carbocycles. The van der Waals surface area contributed by atoms with Gasteiger partial charge < -0.3 is 14.1 Å². The summed E-state index contributed by atoms with van der Waals surface area (Å²) in [5.74, 6) is -0.0161. The van der Waals surface area contributed by atoms with Crippen LogP contribution in [0.2, 0.25) is 5.02 Å². The van der Waals surface area contributed by atoms with E-state index >= 15 is 0 Å². The Balaban J connectivity index is 1.57. The van der Waals surface area contributed by atoms with Crippen LogP contribution >= 0.6 is 11.6 Å². The molecule has 5 nitrogen and oxygen atoms in total. The van der Waals surface area contributed by atoms with E-state index in [1.54, 1.807) is 35.2 Å². The van der Waals surface area contributed by atoms with E-state index in [1.807, 2.05) is 24.3 Å². The van der Waals surface area contributed by atoms with Crippen LogP contribution in [0.4, 0.5) is 4.39 Å². The number of nitrogens with zero attached hydrogens (tertiary/aromatic N) is 1. The zero-order valence-electron chi connectivity index (χ0n) is 19.8. The molecule has 1 unspecified atom stereocenters. The van der Waals surface area contributed by atoms with Crippen molar-refractivity contribution < 1.29 is 18.3 Å². The SMILES string of the molecule is CCCCCOc1ccc(C2c3c(oc4ccc(Cl)cc4c3=O)C(=O)N2Cc2ccc(F)cc2)cc1. The lowest BCUT2D eigenvalue weighted by atomic mass is 9.98. The molecule has 3 aromatic carbocycles. The van der Waals surface area contributed by atoms with Crippen molar-refractivity contribution in [2.75, 3.05) is 6.61 Å². The standard InChI is InChI=1S/C29H25ClFNO4/c1-2-3-4-15-35-22-12-7-19(8-13-22)26-25-27(33)23-16-20(30)9-14-24(23)36-28(25)29(34)32(26)17-18-5-10-21(31)11-6-18/h5-14,16,26H,2-4,15,17H2,1H3. The number of hydrogen-bond donors (Lipinski definition) is 0. The fourth-order valence-corrected chi connectivity index (χ4v) is 4.75. The Morgan fingerprint density at radius 1 is 1.00 bits per heavy atom. The highest BCUT2D eigenvalue weighted by atomic mass is 35.5. The number of fused-ring (bicyclic) bond motifs is 2. The van der Waals surface area contributed by atoms with Crippen LogP contribution in [0.3, 0.4) is 0 Å². The molecule has 0 bridgehead atoms. The first-order valence-electron chi connectivity index (χ1n) is 12.0. The first kappa shape index (κ1) is 24.1. The van der Waals surface area contributed by atoms with Crippen LogP contribution in [0.1, 0.15) is 59.5 Å². The van der Waals surface area contributed by atoms with E-state index in [1.165, 1.54) is 12.1 Å². The minimum atomic E-state index is -0.675. The Hall–Kier alpha value is -3.64. The molecular formula is C29H25ClFNO4. The van der Waals surface area contributed by atoms with Gasteiger partial charge in [-0.2, -0.15) is 0 Å². The molecule has 5 rings (SSSR count). The van der Waals surface area contributed by atoms with Crippen LogP contribution in [-0.2, 0) is 6.54 Å². The van der Waals surface area contributed by atoms with Gasteiger partial charge in [0.05, 0.1) is 23.6 Å². The molecule has 0 N–H and O–H groups in total. The lowest BCUT2D eigenvalue weighted by molar-refractivity contribution is 0.0714. The van der Waals surface area contributed by atoms with Gasteiger partial charge in [-0.25, -0.2) is 4.39 Å². The molecule has 1 aromatic heterocycles. The van der Waals surface area contributed by atoms with Crippen molar-refractivity contribution in [1.82, 2.24) is 4.90 Å². The van der Waals surface area contributed by atoms with Crippen molar-refractivity contribution in [3.05, 3.63) is 110 Å². The topological polar surface area (TPSA) is 59.8 Å². The highest BCUT2D eigenvalue weighted by Crippen LogP contribution is 2.39. The zero-order valence-corrected chi connectivity index (χ0v) is 20.6. The van der Waals surface area contributed by atoms with Crippen molar-refractivity contribution in [1.29, 1.82) is 0 Å². The maximum absolute atomic E-state index is 13.6. The predicted octanol–water partition coefficient (Wildman–Crippen LogP) is 6.90. The fourth-order valence-electron chi connectivity index (χ4n) is 4.58. The third-order valence-electron chi connectivity index (χ3n) is 6.41. The highest BCUT2D eigenvalue weighted by Gasteiger charge is 2.42. The first-order valence-corrected chi connectivity index (χ1v) is 12.4. The zero-order chi connectivity index (χ0) is 25.2. The third kappa shape index (κ3) is 4.61. The highest BCUT2D eigenvalue weighted by molar-refractivity contribution is 6.31. The number of unbranched alkanes of at least 4 members (excludes halogenated alkanes) is 2. The maximum atomic E-state index is 13.6. The first-order chi connectivity index (χ1) is 17.5. The Labute approximate surface area is 213 Å². The number of hydrogen-bond acceptors (Lipinski definition) is 4. The summed E-state index contributed by atoms with van der Waals surface area (Å²) in [5, 5.41) is 0.724. The molecule has 36 heavy (non-hydrogen) atoms.